The van der Waals surface area contributed by atoms with Gasteiger partial charge < -0.3 is 5.73 Å². The summed E-state index contributed by atoms with van der Waals surface area (Å²) >= 11 is 5.10. The fourth-order valence-electron chi connectivity index (χ4n) is 1.15. The van der Waals surface area contributed by atoms with Crippen molar-refractivity contribution < 1.29 is 0 Å². The molecule has 72 valence electrons. The summed E-state index contributed by atoms with van der Waals surface area (Å²) in [4.78, 5) is 9.25. The molecule has 2 rings (SSSR count). The van der Waals surface area contributed by atoms with Crippen LogP contribution in [0.4, 0.5) is 5.95 Å². The highest BCUT2D eigenvalue weighted by molar-refractivity contribution is 9.10. The largest absolute Gasteiger partial charge is 0.368 e. The second kappa shape index (κ2) is 3.67. The number of halogens is 1. The number of thiophene rings is 1. The number of nitrogen functional groups attached to an aromatic ring is 1. The normalized spacial score (nSPS) is 10.4. The maximum Gasteiger partial charge on any atom is 0.220 e. The smallest absolute Gasteiger partial charge is 0.220 e. The number of hydrogen-bond donors (Lipinski definition) is 1. The zero-order valence-electron chi connectivity index (χ0n) is 7.49. The minimum atomic E-state index is 0.311. The molecule has 2 aromatic heterocycles. The Morgan fingerprint density at radius 1 is 1.50 bits per heavy atom. The van der Waals surface area contributed by atoms with Gasteiger partial charge in [0.05, 0.1) is 10.6 Å². The molecule has 2 N–H and O–H groups in total. The van der Waals surface area contributed by atoms with Crippen molar-refractivity contribution in [1.82, 2.24) is 9.97 Å². The van der Waals surface area contributed by atoms with Crippen molar-refractivity contribution in [3.05, 3.63) is 27.7 Å². The van der Waals surface area contributed by atoms with Crippen LogP contribution in [0.15, 0.2) is 22.1 Å². The molecule has 0 fully saturated rings. The number of aryl methyl sites for hydroxylation is 1. The molecule has 0 aromatic carbocycles. The predicted octanol–water partition coefficient (Wildman–Crippen LogP) is 2.86. The van der Waals surface area contributed by atoms with Crippen LogP contribution >= 0.6 is 27.3 Å². The maximum atomic E-state index is 5.55. The highest BCUT2D eigenvalue weighted by atomic mass is 79.9. The van der Waals surface area contributed by atoms with Gasteiger partial charge >= 0.3 is 0 Å². The molecule has 0 bridgehead atoms. The molecule has 3 nitrogen and oxygen atoms in total. The lowest BCUT2D eigenvalue weighted by molar-refractivity contribution is 1.15. The zero-order valence-corrected chi connectivity index (χ0v) is 9.89. The molecule has 0 saturated heterocycles. The highest BCUT2D eigenvalue weighted by Gasteiger charge is 2.09. The van der Waals surface area contributed by atoms with Gasteiger partial charge in [-0.05, 0) is 39.9 Å². The van der Waals surface area contributed by atoms with Crippen LogP contribution in [0.25, 0.3) is 10.6 Å². The monoisotopic (exact) mass is 269 g/mol. The number of nitrogens with two attached hydrogens (primary N) is 1. The van der Waals surface area contributed by atoms with Gasteiger partial charge in [-0.15, -0.1) is 11.3 Å². The summed E-state index contributed by atoms with van der Waals surface area (Å²) in [5.41, 5.74) is 7.48. The molecule has 0 amide bonds. The van der Waals surface area contributed by atoms with Crippen LogP contribution in [0.1, 0.15) is 5.56 Å². The standard InChI is InChI=1S/C9H8BrN3S/c1-5-4-12-9(11)13-7(5)8-6(10)2-3-14-8/h2-4H,1H3,(H2,11,12,13). The van der Waals surface area contributed by atoms with Crippen LogP contribution in [0.5, 0.6) is 0 Å². The second-order valence-electron chi connectivity index (χ2n) is 2.86. The third kappa shape index (κ3) is 1.65. The minimum absolute atomic E-state index is 0.311. The van der Waals surface area contributed by atoms with E-state index in [-0.39, 0.29) is 0 Å². The number of rotatable bonds is 1. The number of nitrogens with zero attached hydrogens (tertiary/aromatic N) is 2. The van der Waals surface area contributed by atoms with E-state index in [0.29, 0.717) is 5.95 Å². The van der Waals surface area contributed by atoms with Crippen molar-refractivity contribution in [3.63, 3.8) is 0 Å². The van der Waals surface area contributed by atoms with E-state index in [1.165, 1.54) is 0 Å². The summed E-state index contributed by atoms with van der Waals surface area (Å²) in [6, 6.07) is 2.00. The van der Waals surface area contributed by atoms with Gasteiger partial charge in [-0.2, -0.15) is 0 Å². The summed E-state index contributed by atoms with van der Waals surface area (Å²) in [7, 11) is 0. The number of hydrogen-bond acceptors (Lipinski definition) is 4. The first-order valence-corrected chi connectivity index (χ1v) is 5.68. The predicted molar refractivity (Wildman–Crippen MR) is 62.2 cm³/mol. The number of anilines is 1. The molecule has 0 atom stereocenters. The fraction of sp³-hybridized carbons (Fsp3) is 0.111. The van der Waals surface area contributed by atoms with Gasteiger partial charge in [0.15, 0.2) is 0 Å². The summed E-state index contributed by atoms with van der Waals surface area (Å²) in [6.07, 6.45) is 1.74. The summed E-state index contributed by atoms with van der Waals surface area (Å²) in [5.74, 6) is 0.311. The molecule has 0 aliphatic heterocycles. The summed E-state index contributed by atoms with van der Waals surface area (Å²) in [6.45, 7) is 1.97. The van der Waals surface area contributed by atoms with E-state index >= 15 is 0 Å². The van der Waals surface area contributed by atoms with E-state index < -0.39 is 0 Å². The lowest BCUT2D eigenvalue weighted by Crippen LogP contribution is -1.97. The van der Waals surface area contributed by atoms with Crippen molar-refractivity contribution in [3.8, 4) is 10.6 Å². The van der Waals surface area contributed by atoms with Gasteiger partial charge in [-0.1, -0.05) is 0 Å². The molecule has 0 radical (unpaired) electrons. The molecule has 0 unspecified atom stereocenters. The van der Waals surface area contributed by atoms with E-state index in [1.807, 2.05) is 18.4 Å². The molecular weight excluding hydrogens is 262 g/mol. The molecule has 5 heteroatoms. The second-order valence-corrected chi connectivity index (χ2v) is 4.63. The van der Waals surface area contributed by atoms with Gasteiger partial charge in [-0.3, -0.25) is 0 Å². The quantitative estimate of drug-likeness (QED) is 0.866. The average Bonchev–Trinajstić information content (AvgIpc) is 2.56. The van der Waals surface area contributed by atoms with Crippen LogP contribution in [0.2, 0.25) is 0 Å². The van der Waals surface area contributed by atoms with Gasteiger partial charge in [0.25, 0.3) is 0 Å². The Kier molecular flexibility index (Phi) is 2.52. The van der Waals surface area contributed by atoms with Gasteiger partial charge in [-0.25, -0.2) is 9.97 Å². The Hall–Kier alpha value is -0.940. The van der Waals surface area contributed by atoms with E-state index in [1.54, 1.807) is 17.5 Å². The number of aromatic nitrogens is 2. The van der Waals surface area contributed by atoms with Crippen LogP contribution in [0, 0.1) is 6.92 Å². The van der Waals surface area contributed by atoms with Crippen molar-refractivity contribution >= 4 is 33.2 Å². The Balaban J connectivity index is 2.62. The first kappa shape index (κ1) is 9.61. The van der Waals surface area contributed by atoms with Gasteiger partial charge in [0, 0.05) is 10.7 Å². The van der Waals surface area contributed by atoms with E-state index in [2.05, 4.69) is 25.9 Å². The van der Waals surface area contributed by atoms with E-state index in [9.17, 15) is 0 Å². The van der Waals surface area contributed by atoms with Crippen LogP contribution < -0.4 is 5.73 Å². The molecule has 0 spiro atoms. The van der Waals surface area contributed by atoms with Crippen LogP contribution in [-0.2, 0) is 0 Å². The first-order chi connectivity index (χ1) is 6.68. The van der Waals surface area contributed by atoms with Crippen LogP contribution in [0.3, 0.4) is 0 Å². The third-order valence-electron chi connectivity index (χ3n) is 1.82. The molecular formula is C9H8BrN3S. The van der Waals surface area contributed by atoms with E-state index in [0.717, 1.165) is 20.6 Å². The molecule has 14 heavy (non-hydrogen) atoms. The van der Waals surface area contributed by atoms with Crippen molar-refractivity contribution in [2.24, 2.45) is 0 Å². The average molecular weight is 270 g/mol. The van der Waals surface area contributed by atoms with Crippen molar-refractivity contribution in [2.75, 3.05) is 5.73 Å². The van der Waals surface area contributed by atoms with E-state index in [4.69, 9.17) is 5.73 Å². The Labute approximate surface area is 94.1 Å². The summed E-state index contributed by atoms with van der Waals surface area (Å²) < 4.78 is 1.05. The molecule has 2 heterocycles. The molecule has 0 saturated carbocycles. The van der Waals surface area contributed by atoms with Crippen LogP contribution in [-0.4, -0.2) is 9.97 Å². The Bertz CT molecular complexity index is 467. The third-order valence-corrected chi connectivity index (χ3v) is 3.67. The lowest BCUT2D eigenvalue weighted by Gasteiger charge is -2.02. The fourth-order valence-corrected chi connectivity index (χ4v) is 2.76. The summed E-state index contributed by atoms with van der Waals surface area (Å²) in [5, 5.41) is 2.01. The topological polar surface area (TPSA) is 51.8 Å². The maximum absolute atomic E-state index is 5.55. The molecule has 0 aliphatic carbocycles. The SMILES string of the molecule is Cc1cnc(N)nc1-c1sccc1Br. The minimum Gasteiger partial charge on any atom is -0.368 e. The van der Waals surface area contributed by atoms with Gasteiger partial charge in [0.2, 0.25) is 5.95 Å². The Morgan fingerprint density at radius 3 is 2.93 bits per heavy atom. The van der Waals surface area contributed by atoms with Crippen molar-refractivity contribution in [1.29, 1.82) is 0 Å². The molecule has 2 aromatic rings. The lowest BCUT2D eigenvalue weighted by atomic mass is 10.2. The first-order valence-electron chi connectivity index (χ1n) is 4.01. The molecule has 0 aliphatic rings. The Morgan fingerprint density at radius 2 is 2.29 bits per heavy atom. The van der Waals surface area contributed by atoms with Gasteiger partial charge in [0.1, 0.15) is 0 Å². The highest BCUT2D eigenvalue weighted by Crippen LogP contribution is 2.33. The zero-order chi connectivity index (χ0) is 10.1. The van der Waals surface area contributed by atoms with Crippen molar-refractivity contribution in [2.45, 2.75) is 6.92 Å².